The second kappa shape index (κ2) is 13.7. The van der Waals surface area contributed by atoms with E-state index in [1.165, 1.54) is 41.6 Å². The van der Waals surface area contributed by atoms with Gasteiger partial charge in [0.2, 0.25) is 0 Å². The third-order valence-corrected chi connectivity index (χ3v) is 5.59. The van der Waals surface area contributed by atoms with Crippen LogP contribution in [0.1, 0.15) is 105 Å². The molecule has 1 atom stereocenters. The highest BCUT2D eigenvalue weighted by Gasteiger charge is 2.20. The van der Waals surface area contributed by atoms with Gasteiger partial charge in [0, 0.05) is 12.3 Å². The van der Waals surface area contributed by atoms with Crippen LogP contribution in [0.3, 0.4) is 0 Å². The van der Waals surface area contributed by atoms with E-state index in [1.54, 1.807) is 0 Å². The molecule has 0 aromatic carbocycles. The minimum absolute atomic E-state index is 0.303. The lowest BCUT2D eigenvalue weighted by Gasteiger charge is -2.19. The van der Waals surface area contributed by atoms with Crippen LogP contribution in [0.5, 0.6) is 0 Å². The van der Waals surface area contributed by atoms with E-state index >= 15 is 0 Å². The molecule has 0 spiro atoms. The maximum atomic E-state index is 11.9. The van der Waals surface area contributed by atoms with Crippen LogP contribution in [0.2, 0.25) is 0 Å². The van der Waals surface area contributed by atoms with Crippen molar-refractivity contribution in [2.45, 2.75) is 105 Å². The second-order valence-corrected chi connectivity index (χ2v) is 8.69. The Balaban J connectivity index is 2.24. The topological polar surface area (TPSA) is 17.1 Å². The molecule has 1 unspecified atom stereocenters. The van der Waals surface area contributed by atoms with Gasteiger partial charge >= 0.3 is 0 Å². The minimum Gasteiger partial charge on any atom is -0.299 e. The van der Waals surface area contributed by atoms with Crippen molar-refractivity contribution in [3.8, 4) is 0 Å². The van der Waals surface area contributed by atoms with Crippen molar-refractivity contribution in [3.63, 3.8) is 0 Å². The molecule has 1 fully saturated rings. The Morgan fingerprint density at radius 2 is 1.30 bits per heavy atom. The lowest BCUT2D eigenvalue weighted by atomic mass is 9.85. The Hall–Kier alpha value is -1.37. The summed E-state index contributed by atoms with van der Waals surface area (Å²) in [5.74, 6) is 0.794. The molecule has 0 aromatic rings. The van der Waals surface area contributed by atoms with Crippen molar-refractivity contribution in [1.82, 2.24) is 0 Å². The molecule has 1 aliphatic rings. The highest BCUT2D eigenvalue weighted by molar-refractivity contribution is 5.81. The maximum absolute atomic E-state index is 11.9. The van der Waals surface area contributed by atoms with Crippen LogP contribution in [0, 0.1) is 5.92 Å². The van der Waals surface area contributed by atoms with Crippen LogP contribution < -0.4 is 0 Å². The van der Waals surface area contributed by atoms with Gasteiger partial charge in [-0.3, -0.25) is 4.79 Å². The largest absolute Gasteiger partial charge is 0.299 e. The van der Waals surface area contributed by atoms with Crippen LogP contribution in [0.4, 0.5) is 0 Å². The predicted molar refractivity (Wildman–Crippen MR) is 120 cm³/mol. The first kappa shape index (κ1) is 23.7. The molecular formula is C26H42O. The first-order valence-electron chi connectivity index (χ1n) is 11.0. The first-order chi connectivity index (χ1) is 12.9. The summed E-state index contributed by atoms with van der Waals surface area (Å²) in [6.45, 7) is 11.1. The molecule has 1 rings (SSSR count). The predicted octanol–water partition coefficient (Wildman–Crippen LogP) is 8.28. The smallest absolute Gasteiger partial charge is 0.136 e. The molecule has 0 aromatic heterocycles. The average Bonchev–Trinajstić information content (AvgIpc) is 2.60. The Morgan fingerprint density at radius 3 is 1.81 bits per heavy atom. The van der Waals surface area contributed by atoms with Crippen molar-refractivity contribution in [2.75, 3.05) is 0 Å². The molecule has 0 heterocycles. The van der Waals surface area contributed by atoms with Crippen molar-refractivity contribution in [3.05, 3.63) is 46.6 Å². The van der Waals surface area contributed by atoms with Crippen LogP contribution in [0.15, 0.2) is 46.6 Å². The van der Waals surface area contributed by atoms with Gasteiger partial charge in [0.1, 0.15) is 5.78 Å². The van der Waals surface area contributed by atoms with Crippen molar-refractivity contribution in [2.24, 2.45) is 5.92 Å². The molecule has 152 valence electrons. The lowest BCUT2D eigenvalue weighted by molar-refractivity contribution is -0.124. The van der Waals surface area contributed by atoms with Gasteiger partial charge in [0.15, 0.2) is 0 Å². The molecule has 27 heavy (non-hydrogen) atoms. The number of allylic oxidation sites excluding steroid dienone is 8. The molecule has 1 aliphatic carbocycles. The Morgan fingerprint density at radius 1 is 0.778 bits per heavy atom. The second-order valence-electron chi connectivity index (χ2n) is 8.69. The molecule has 1 heteroatoms. The van der Waals surface area contributed by atoms with E-state index in [0.29, 0.717) is 11.7 Å². The summed E-state index contributed by atoms with van der Waals surface area (Å²) < 4.78 is 0. The van der Waals surface area contributed by atoms with Crippen molar-refractivity contribution in [1.29, 1.82) is 0 Å². The molecular weight excluding hydrogens is 328 g/mol. The zero-order chi connectivity index (χ0) is 20.1. The first-order valence-corrected chi connectivity index (χ1v) is 11.0. The van der Waals surface area contributed by atoms with Crippen molar-refractivity contribution >= 4 is 5.78 Å². The van der Waals surface area contributed by atoms with Crippen LogP contribution >= 0.6 is 0 Å². The summed E-state index contributed by atoms with van der Waals surface area (Å²) in [5.41, 5.74) is 5.86. The van der Waals surface area contributed by atoms with Crippen LogP contribution in [0.25, 0.3) is 0 Å². The average molecular weight is 371 g/mol. The highest BCUT2D eigenvalue weighted by atomic mass is 16.1. The number of Topliss-reactive ketones (excluding diaryl/α,β-unsaturated/α-hetero) is 1. The Labute approximate surface area is 168 Å². The Bertz CT molecular complexity index is 567. The SMILES string of the molecule is CC(C)=CCCC(C)=CCCC(C)=CCCC(C)=CCC1CCCCC1=O. The highest BCUT2D eigenvalue weighted by Crippen LogP contribution is 2.24. The molecule has 0 aliphatic heterocycles. The maximum Gasteiger partial charge on any atom is 0.136 e. The van der Waals surface area contributed by atoms with E-state index in [0.717, 1.165) is 51.4 Å². The summed E-state index contributed by atoms with van der Waals surface area (Å²) in [6.07, 6.45) is 21.6. The normalized spacial score (nSPS) is 19.4. The molecule has 0 saturated heterocycles. The van der Waals surface area contributed by atoms with Gasteiger partial charge in [-0.25, -0.2) is 0 Å². The van der Waals surface area contributed by atoms with E-state index in [-0.39, 0.29) is 0 Å². The molecule has 1 saturated carbocycles. The summed E-state index contributed by atoms with van der Waals surface area (Å²) >= 11 is 0. The van der Waals surface area contributed by atoms with Crippen LogP contribution in [-0.2, 0) is 4.79 Å². The van der Waals surface area contributed by atoms with Gasteiger partial charge in [-0.1, -0.05) is 53.0 Å². The number of rotatable bonds is 11. The third kappa shape index (κ3) is 11.8. The van der Waals surface area contributed by atoms with E-state index in [1.807, 2.05) is 0 Å². The van der Waals surface area contributed by atoms with E-state index in [9.17, 15) is 4.79 Å². The lowest BCUT2D eigenvalue weighted by Crippen LogP contribution is -2.18. The van der Waals surface area contributed by atoms with Gasteiger partial charge < -0.3 is 0 Å². The summed E-state index contributed by atoms with van der Waals surface area (Å²) in [6, 6.07) is 0. The van der Waals surface area contributed by atoms with Gasteiger partial charge in [-0.2, -0.15) is 0 Å². The third-order valence-electron chi connectivity index (χ3n) is 5.59. The number of hydrogen-bond acceptors (Lipinski definition) is 1. The number of ketones is 1. The Kier molecular flexibility index (Phi) is 12.1. The monoisotopic (exact) mass is 370 g/mol. The molecule has 0 N–H and O–H groups in total. The van der Waals surface area contributed by atoms with E-state index in [4.69, 9.17) is 0 Å². The number of hydrogen-bond donors (Lipinski definition) is 0. The van der Waals surface area contributed by atoms with E-state index in [2.05, 4.69) is 58.9 Å². The standard InChI is InChI=1S/C26H42O/c1-21(2)11-8-12-22(3)13-9-14-23(4)15-10-16-24(5)19-20-25-17-6-7-18-26(25)27/h11,13,15,19,25H,6-10,12,14,16-18,20H2,1-5H3. The van der Waals surface area contributed by atoms with Gasteiger partial charge in [0.05, 0.1) is 0 Å². The fourth-order valence-electron chi connectivity index (χ4n) is 3.63. The molecule has 0 amide bonds. The summed E-state index contributed by atoms with van der Waals surface area (Å²) in [7, 11) is 0. The minimum atomic E-state index is 0.303. The van der Waals surface area contributed by atoms with E-state index < -0.39 is 0 Å². The van der Waals surface area contributed by atoms with Crippen LogP contribution in [-0.4, -0.2) is 5.78 Å². The molecule has 0 bridgehead atoms. The van der Waals surface area contributed by atoms with Gasteiger partial charge in [-0.15, -0.1) is 0 Å². The zero-order valence-electron chi connectivity index (χ0n) is 18.6. The fourth-order valence-corrected chi connectivity index (χ4v) is 3.63. The summed E-state index contributed by atoms with van der Waals surface area (Å²) in [5, 5.41) is 0. The quantitative estimate of drug-likeness (QED) is 0.334. The number of carbonyl (C=O) groups excluding carboxylic acids is 1. The fraction of sp³-hybridized carbons (Fsp3) is 0.654. The van der Waals surface area contributed by atoms with Gasteiger partial charge in [0.25, 0.3) is 0 Å². The molecule has 1 nitrogen and oxygen atoms in total. The zero-order valence-corrected chi connectivity index (χ0v) is 18.6. The summed E-state index contributed by atoms with van der Waals surface area (Å²) in [4.78, 5) is 11.9. The van der Waals surface area contributed by atoms with Gasteiger partial charge in [-0.05, 0) is 92.4 Å². The van der Waals surface area contributed by atoms with Crippen molar-refractivity contribution < 1.29 is 4.79 Å². The molecule has 0 radical (unpaired) electrons. The number of carbonyl (C=O) groups is 1.